The van der Waals surface area contributed by atoms with Crippen molar-refractivity contribution in [2.75, 3.05) is 13.1 Å². The van der Waals surface area contributed by atoms with Crippen molar-refractivity contribution in [1.29, 1.82) is 0 Å². The molecule has 0 amide bonds. The molecule has 0 unspecified atom stereocenters. The molecule has 0 saturated heterocycles. The SMILES string of the molecule is CCNC(=NCc1cnc(C)[nH]c1=O)NCC. The van der Waals surface area contributed by atoms with Gasteiger partial charge in [-0.2, -0.15) is 0 Å². The zero-order valence-electron chi connectivity index (χ0n) is 10.5. The number of H-pyrrole nitrogens is 1. The predicted octanol–water partition coefficient (Wildman–Crippen LogP) is 0.153. The third-order valence-corrected chi connectivity index (χ3v) is 2.10. The number of hydrogen-bond acceptors (Lipinski definition) is 3. The highest BCUT2D eigenvalue weighted by atomic mass is 16.1. The molecule has 1 aromatic rings. The van der Waals surface area contributed by atoms with E-state index >= 15 is 0 Å². The summed E-state index contributed by atoms with van der Waals surface area (Å²) in [5.74, 6) is 1.32. The Balaban J connectivity index is 2.75. The Labute approximate surface area is 101 Å². The number of aliphatic imine (C=N–C) groups is 1. The lowest BCUT2D eigenvalue weighted by atomic mass is 10.3. The highest BCUT2D eigenvalue weighted by Gasteiger charge is 2.00. The molecule has 0 aliphatic rings. The average molecular weight is 237 g/mol. The van der Waals surface area contributed by atoms with Gasteiger partial charge in [-0.1, -0.05) is 0 Å². The van der Waals surface area contributed by atoms with Crippen LogP contribution < -0.4 is 16.2 Å². The van der Waals surface area contributed by atoms with Crippen LogP contribution in [0.25, 0.3) is 0 Å². The van der Waals surface area contributed by atoms with Crippen molar-refractivity contribution in [3.05, 3.63) is 27.9 Å². The van der Waals surface area contributed by atoms with Gasteiger partial charge in [-0.05, 0) is 20.8 Å². The number of aromatic nitrogens is 2. The Kier molecular flexibility index (Phi) is 5.19. The van der Waals surface area contributed by atoms with Gasteiger partial charge in [0.05, 0.1) is 12.1 Å². The van der Waals surface area contributed by atoms with Gasteiger partial charge in [0.1, 0.15) is 5.82 Å². The third-order valence-electron chi connectivity index (χ3n) is 2.10. The summed E-state index contributed by atoms with van der Waals surface area (Å²) in [4.78, 5) is 22.6. The van der Waals surface area contributed by atoms with Gasteiger partial charge in [0, 0.05) is 19.3 Å². The highest BCUT2D eigenvalue weighted by molar-refractivity contribution is 5.79. The van der Waals surface area contributed by atoms with E-state index in [0.717, 1.165) is 13.1 Å². The number of nitrogens with one attached hydrogen (secondary N) is 3. The van der Waals surface area contributed by atoms with Gasteiger partial charge in [-0.25, -0.2) is 9.98 Å². The predicted molar refractivity (Wildman–Crippen MR) is 68.1 cm³/mol. The standard InChI is InChI=1S/C11H19N5O/c1-4-12-11(13-5-2)15-7-9-6-14-8(3)16-10(9)17/h6H,4-5,7H2,1-3H3,(H2,12,13,15)(H,14,16,17). The van der Waals surface area contributed by atoms with Crippen LogP contribution in [0.4, 0.5) is 0 Å². The first-order valence-electron chi connectivity index (χ1n) is 5.74. The quantitative estimate of drug-likeness (QED) is 0.514. The molecule has 0 aromatic carbocycles. The molecule has 6 heteroatoms. The zero-order chi connectivity index (χ0) is 12.7. The molecule has 0 bridgehead atoms. The van der Waals surface area contributed by atoms with Crippen molar-refractivity contribution >= 4 is 5.96 Å². The molecule has 0 radical (unpaired) electrons. The van der Waals surface area contributed by atoms with E-state index in [1.54, 1.807) is 13.1 Å². The first-order chi connectivity index (χ1) is 8.17. The summed E-state index contributed by atoms with van der Waals surface area (Å²) in [5, 5.41) is 6.18. The molecule has 17 heavy (non-hydrogen) atoms. The van der Waals surface area contributed by atoms with Crippen LogP contribution in [0.5, 0.6) is 0 Å². The maximum atomic E-state index is 11.6. The van der Waals surface area contributed by atoms with Gasteiger partial charge >= 0.3 is 0 Å². The maximum absolute atomic E-state index is 11.6. The van der Waals surface area contributed by atoms with E-state index in [4.69, 9.17) is 0 Å². The lowest BCUT2D eigenvalue weighted by Crippen LogP contribution is -2.37. The fourth-order valence-corrected chi connectivity index (χ4v) is 1.30. The van der Waals surface area contributed by atoms with Crippen LogP contribution in [-0.4, -0.2) is 29.0 Å². The van der Waals surface area contributed by atoms with Crippen LogP contribution in [0.3, 0.4) is 0 Å². The van der Waals surface area contributed by atoms with Crippen LogP contribution in [-0.2, 0) is 6.54 Å². The second-order valence-electron chi connectivity index (χ2n) is 3.55. The van der Waals surface area contributed by atoms with Gasteiger partial charge in [0.15, 0.2) is 5.96 Å². The molecule has 0 atom stereocenters. The molecule has 0 aliphatic carbocycles. The van der Waals surface area contributed by atoms with Crippen molar-refractivity contribution in [3.63, 3.8) is 0 Å². The Morgan fingerprint density at radius 3 is 2.59 bits per heavy atom. The fraction of sp³-hybridized carbons (Fsp3) is 0.545. The summed E-state index contributed by atoms with van der Waals surface area (Å²) in [6.07, 6.45) is 1.56. The first-order valence-corrected chi connectivity index (χ1v) is 5.74. The second-order valence-corrected chi connectivity index (χ2v) is 3.55. The van der Waals surface area contributed by atoms with Gasteiger partial charge in [0.2, 0.25) is 0 Å². The number of nitrogens with zero attached hydrogens (tertiary/aromatic N) is 2. The summed E-state index contributed by atoms with van der Waals surface area (Å²) in [6.45, 7) is 7.62. The smallest absolute Gasteiger partial charge is 0.255 e. The lowest BCUT2D eigenvalue weighted by molar-refractivity contribution is 0.833. The molecule has 1 aromatic heterocycles. The van der Waals surface area contributed by atoms with Crippen LogP contribution in [0.2, 0.25) is 0 Å². The minimum atomic E-state index is -0.131. The van der Waals surface area contributed by atoms with Gasteiger partial charge < -0.3 is 15.6 Å². The second kappa shape index (κ2) is 6.67. The van der Waals surface area contributed by atoms with E-state index in [9.17, 15) is 4.79 Å². The normalized spacial score (nSPS) is 9.82. The summed E-state index contributed by atoms with van der Waals surface area (Å²) >= 11 is 0. The van der Waals surface area contributed by atoms with Crippen LogP contribution in [0, 0.1) is 6.92 Å². The minimum absolute atomic E-state index is 0.131. The minimum Gasteiger partial charge on any atom is -0.357 e. The van der Waals surface area contributed by atoms with E-state index in [0.29, 0.717) is 23.9 Å². The van der Waals surface area contributed by atoms with E-state index in [2.05, 4.69) is 25.6 Å². The monoisotopic (exact) mass is 237 g/mol. The Morgan fingerprint density at radius 1 is 1.41 bits per heavy atom. The number of rotatable bonds is 4. The van der Waals surface area contributed by atoms with Gasteiger partial charge in [-0.3, -0.25) is 4.79 Å². The average Bonchev–Trinajstić information content (AvgIpc) is 2.28. The maximum Gasteiger partial charge on any atom is 0.255 e. The van der Waals surface area contributed by atoms with Crippen molar-refractivity contribution in [2.45, 2.75) is 27.3 Å². The molecule has 6 nitrogen and oxygen atoms in total. The van der Waals surface area contributed by atoms with Crippen LogP contribution >= 0.6 is 0 Å². The number of guanidine groups is 1. The molecular weight excluding hydrogens is 218 g/mol. The third kappa shape index (κ3) is 4.26. The van der Waals surface area contributed by atoms with Crippen molar-refractivity contribution in [2.24, 2.45) is 4.99 Å². The van der Waals surface area contributed by atoms with E-state index in [-0.39, 0.29) is 5.56 Å². The zero-order valence-corrected chi connectivity index (χ0v) is 10.5. The topological polar surface area (TPSA) is 82.2 Å². The molecular formula is C11H19N5O. The fourth-order valence-electron chi connectivity index (χ4n) is 1.30. The Morgan fingerprint density at radius 2 is 2.06 bits per heavy atom. The summed E-state index contributed by atoms with van der Waals surface area (Å²) in [6, 6.07) is 0. The van der Waals surface area contributed by atoms with Crippen molar-refractivity contribution < 1.29 is 0 Å². The molecule has 1 heterocycles. The molecule has 0 fully saturated rings. The summed E-state index contributed by atoms with van der Waals surface area (Å²) in [7, 11) is 0. The van der Waals surface area contributed by atoms with Crippen molar-refractivity contribution in [3.8, 4) is 0 Å². The van der Waals surface area contributed by atoms with Gasteiger partial charge in [-0.15, -0.1) is 0 Å². The Bertz CT molecular complexity index is 430. The molecule has 0 spiro atoms. The molecule has 0 saturated carbocycles. The highest BCUT2D eigenvalue weighted by Crippen LogP contribution is 1.91. The van der Waals surface area contributed by atoms with Crippen LogP contribution in [0.15, 0.2) is 16.0 Å². The lowest BCUT2D eigenvalue weighted by Gasteiger charge is -2.08. The number of aryl methyl sites for hydroxylation is 1. The molecule has 1 rings (SSSR count). The molecule has 94 valence electrons. The summed E-state index contributed by atoms with van der Waals surface area (Å²) < 4.78 is 0. The summed E-state index contributed by atoms with van der Waals surface area (Å²) in [5.41, 5.74) is 0.428. The van der Waals surface area contributed by atoms with Crippen molar-refractivity contribution in [1.82, 2.24) is 20.6 Å². The van der Waals surface area contributed by atoms with Crippen LogP contribution in [0.1, 0.15) is 25.2 Å². The van der Waals surface area contributed by atoms with E-state index < -0.39 is 0 Å². The largest absolute Gasteiger partial charge is 0.357 e. The number of aromatic amines is 1. The van der Waals surface area contributed by atoms with E-state index in [1.165, 1.54) is 0 Å². The molecule has 3 N–H and O–H groups in total. The van der Waals surface area contributed by atoms with E-state index in [1.807, 2.05) is 13.8 Å². The number of hydrogen-bond donors (Lipinski definition) is 3. The van der Waals surface area contributed by atoms with Gasteiger partial charge in [0.25, 0.3) is 5.56 Å². The molecule has 0 aliphatic heterocycles. The Hall–Kier alpha value is -1.85. The first kappa shape index (κ1) is 13.2.